The van der Waals surface area contributed by atoms with E-state index < -0.39 is 0 Å². The van der Waals surface area contributed by atoms with Crippen LogP contribution in [0, 0.1) is 0 Å². The summed E-state index contributed by atoms with van der Waals surface area (Å²) < 4.78 is 0. The molecule has 0 saturated carbocycles. The fourth-order valence-electron chi connectivity index (χ4n) is 2.86. The van der Waals surface area contributed by atoms with Gasteiger partial charge in [-0.25, -0.2) is 0 Å². The third-order valence-corrected chi connectivity index (χ3v) is 3.89. The molecule has 5 heteroatoms. The summed E-state index contributed by atoms with van der Waals surface area (Å²) in [5, 5.41) is 3.30. The molecular formula is C14H20ClN3O. The number of anilines is 1. The van der Waals surface area contributed by atoms with E-state index in [2.05, 4.69) is 29.3 Å². The predicted molar refractivity (Wildman–Crippen MR) is 78.8 cm³/mol. The number of nitrogens with one attached hydrogen (secondary N) is 1. The molecule has 1 N–H and O–H groups in total. The van der Waals surface area contributed by atoms with E-state index in [1.54, 1.807) is 0 Å². The van der Waals surface area contributed by atoms with E-state index in [9.17, 15) is 4.79 Å². The van der Waals surface area contributed by atoms with Crippen molar-refractivity contribution in [2.45, 2.75) is 19.4 Å². The average molecular weight is 282 g/mol. The van der Waals surface area contributed by atoms with Gasteiger partial charge in [-0.1, -0.05) is 25.1 Å². The summed E-state index contributed by atoms with van der Waals surface area (Å²) in [5.41, 5.74) is 2.33. The Morgan fingerprint density at radius 2 is 2.16 bits per heavy atom. The van der Waals surface area contributed by atoms with Crippen molar-refractivity contribution in [1.82, 2.24) is 10.2 Å². The minimum absolute atomic E-state index is 0. The summed E-state index contributed by atoms with van der Waals surface area (Å²) in [6, 6.07) is 8.25. The van der Waals surface area contributed by atoms with Crippen LogP contribution >= 0.6 is 12.4 Å². The Morgan fingerprint density at radius 1 is 1.37 bits per heavy atom. The molecule has 3 rings (SSSR count). The highest BCUT2D eigenvalue weighted by atomic mass is 35.5. The van der Waals surface area contributed by atoms with Crippen molar-refractivity contribution in [3.05, 3.63) is 29.8 Å². The molecule has 1 aromatic rings. The zero-order chi connectivity index (χ0) is 12.5. The van der Waals surface area contributed by atoms with Crippen molar-refractivity contribution in [2.24, 2.45) is 0 Å². The minimum Gasteiger partial charge on any atom is -0.313 e. The van der Waals surface area contributed by atoms with E-state index in [-0.39, 0.29) is 24.4 Å². The van der Waals surface area contributed by atoms with Gasteiger partial charge in [0.2, 0.25) is 5.91 Å². The van der Waals surface area contributed by atoms with Crippen LogP contribution in [0.25, 0.3) is 0 Å². The molecule has 2 aliphatic rings. The van der Waals surface area contributed by atoms with E-state index >= 15 is 0 Å². The lowest BCUT2D eigenvalue weighted by Crippen LogP contribution is -2.50. The summed E-state index contributed by atoms with van der Waals surface area (Å²) in [6.45, 7) is 5.59. The predicted octanol–water partition coefficient (Wildman–Crippen LogP) is 1.25. The number of hydrogen-bond acceptors (Lipinski definition) is 3. The molecule has 0 bridgehead atoms. The number of rotatable bonds is 2. The van der Waals surface area contributed by atoms with E-state index in [0.717, 1.165) is 38.4 Å². The normalized spacial score (nSPS) is 23.1. The number of piperazine rings is 1. The molecule has 4 nitrogen and oxygen atoms in total. The van der Waals surface area contributed by atoms with Gasteiger partial charge >= 0.3 is 0 Å². The number of aryl methyl sites for hydroxylation is 1. The first-order valence-electron chi connectivity index (χ1n) is 6.65. The fraction of sp³-hybridized carbons (Fsp3) is 0.500. The maximum Gasteiger partial charge on any atom is 0.246 e. The second-order valence-corrected chi connectivity index (χ2v) is 4.92. The highest BCUT2D eigenvalue weighted by Gasteiger charge is 2.40. The van der Waals surface area contributed by atoms with Gasteiger partial charge in [-0.05, 0) is 18.1 Å². The van der Waals surface area contributed by atoms with Crippen molar-refractivity contribution in [3.8, 4) is 0 Å². The van der Waals surface area contributed by atoms with Crippen LogP contribution in [-0.4, -0.2) is 43.2 Å². The Kier molecular flexibility index (Phi) is 4.45. The van der Waals surface area contributed by atoms with Crippen LogP contribution < -0.4 is 10.2 Å². The molecule has 2 aliphatic heterocycles. The monoisotopic (exact) mass is 281 g/mol. The first kappa shape index (κ1) is 14.3. The topological polar surface area (TPSA) is 35.6 Å². The molecule has 0 spiro atoms. The molecule has 1 amide bonds. The third kappa shape index (κ3) is 2.48. The van der Waals surface area contributed by atoms with Gasteiger partial charge < -0.3 is 5.32 Å². The summed E-state index contributed by atoms with van der Waals surface area (Å²) in [6.07, 6.45) is 0.961. The minimum atomic E-state index is 0. The number of carbonyl (C=O) groups is 1. The lowest BCUT2D eigenvalue weighted by atomic mass is 10.1. The van der Waals surface area contributed by atoms with E-state index in [4.69, 9.17) is 0 Å². The molecule has 1 atom stereocenters. The standard InChI is InChI=1S/C14H19N3O.ClH/c1-2-11-5-3-4-6-12(11)17-10-16-8-7-15-9-13(16)14(17)18;/h3-6,13,15H,2,7-10H2,1H3;1H. The quantitative estimate of drug-likeness (QED) is 0.886. The van der Waals surface area contributed by atoms with Gasteiger partial charge in [0.25, 0.3) is 0 Å². The van der Waals surface area contributed by atoms with Crippen LogP contribution in [0.2, 0.25) is 0 Å². The molecule has 1 unspecified atom stereocenters. The van der Waals surface area contributed by atoms with Crippen LogP contribution in [0.15, 0.2) is 24.3 Å². The molecule has 104 valence electrons. The molecule has 0 radical (unpaired) electrons. The van der Waals surface area contributed by atoms with Gasteiger partial charge in [-0.3, -0.25) is 14.6 Å². The van der Waals surface area contributed by atoms with E-state index in [1.165, 1.54) is 5.56 Å². The number of halogens is 1. The highest BCUT2D eigenvalue weighted by molar-refractivity contribution is 6.00. The van der Waals surface area contributed by atoms with Gasteiger partial charge in [0.1, 0.15) is 6.04 Å². The van der Waals surface area contributed by atoms with Gasteiger partial charge in [0.15, 0.2) is 0 Å². The lowest BCUT2D eigenvalue weighted by molar-refractivity contribution is -0.120. The molecular weight excluding hydrogens is 262 g/mol. The average Bonchev–Trinajstić information content (AvgIpc) is 2.76. The summed E-state index contributed by atoms with van der Waals surface area (Å²) >= 11 is 0. The number of para-hydroxylation sites is 1. The van der Waals surface area contributed by atoms with Gasteiger partial charge in [0.05, 0.1) is 6.67 Å². The molecule has 0 aromatic heterocycles. The smallest absolute Gasteiger partial charge is 0.246 e. The summed E-state index contributed by atoms with van der Waals surface area (Å²) in [4.78, 5) is 16.7. The number of carbonyl (C=O) groups excluding carboxylic acids is 1. The van der Waals surface area contributed by atoms with Crippen molar-refractivity contribution >= 4 is 24.0 Å². The molecule has 2 heterocycles. The maximum atomic E-state index is 12.5. The van der Waals surface area contributed by atoms with Crippen molar-refractivity contribution in [1.29, 1.82) is 0 Å². The Bertz CT molecular complexity index is 466. The Morgan fingerprint density at radius 3 is 2.89 bits per heavy atom. The molecule has 0 aliphatic carbocycles. The fourth-order valence-corrected chi connectivity index (χ4v) is 2.86. The Hall–Kier alpha value is -1.10. The number of benzene rings is 1. The maximum absolute atomic E-state index is 12.5. The van der Waals surface area contributed by atoms with Crippen molar-refractivity contribution in [3.63, 3.8) is 0 Å². The zero-order valence-electron chi connectivity index (χ0n) is 11.1. The Balaban J connectivity index is 0.00000133. The summed E-state index contributed by atoms with van der Waals surface area (Å²) in [5.74, 6) is 0.239. The molecule has 2 saturated heterocycles. The second-order valence-electron chi connectivity index (χ2n) is 4.92. The first-order chi connectivity index (χ1) is 8.81. The molecule has 1 aromatic carbocycles. The molecule has 19 heavy (non-hydrogen) atoms. The second kappa shape index (κ2) is 5.90. The van der Waals surface area contributed by atoms with Crippen molar-refractivity contribution < 1.29 is 4.79 Å². The summed E-state index contributed by atoms with van der Waals surface area (Å²) in [7, 11) is 0. The number of amides is 1. The van der Waals surface area contributed by atoms with Crippen molar-refractivity contribution in [2.75, 3.05) is 31.2 Å². The van der Waals surface area contributed by atoms with Crippen LogP contribution in [0.4, 0.5) is 5.69 Å². The van der Waals surface area contributed by atoms with Crippen LogP contribution in [-0.2, 0) is 11.2 Å². The number of fused-ring (bicyclic) bond motifs is 1. The number of hydrogen-bond donors (Lipinski definition) is 1. The third-order valence-electron chi connectivity index (χ3n) is 3.89. The molecule has 2 fully saturated rings. The van der Waals surface area contributed by atoms with Crippen LogP contribution in [0.1, 0.15) is 12.5 Å². The van der Waals surface area contributed by atoms with E-state index in [0.29, 0.717) is 0 Å². The van der Waals surface area contributed by atoms with E-state index in [1.807, 2.05) is 17.0 Å². The van der Waals surface area contributed by atoms with Crippen LogP contribution in [0.3, 0.4) is 0 Å². The van der Waals surface area contributed by atoms with Crippen LogP contribution in [0.5, 0.6) is 0 Å². The lowest BCUT2D eigenvalue weighted by Gasteiger charge is -2.26. The first-order valence-corrected chi connectivity index (χ1v) is 6.65. The Labute approximate surface area is 120 Å². The van der Waals surface area contributed by atoms with Gasteiger partial charge in [0, 0.05) is 25.3 Å². The van der Waals surface area contributed by atoms with Gasteiger partial charge in [-0.2, -0.15) is 0 Å². The highest BCUT2D eigenvalue weighted by Crippen LogP contribution is 2.27. The zero-order valence-corrected chi connectivity index (χ0v) is 11.9. The number of nitrogens with zero attached hydrogens (tertiary/aromatic N) is 2. The van der Waals surface area contributed by atoms with Gasteiger partial charge in [-0.15, -0.1) is 12.4 Å². The largest absolute Gasteiger partial charge is 0.313 e. The SMILES string of the molecule is CCc1ccccc1N1CN2CCNCC2C1=O.Cl.